The van der Waals surface area contributed by atoms with Crippen LogP contribution >= 0.6 is 0 Å². The van der Waals surface area contributed by atoms with Gasteiger partial charge in [-0.2, -0.15) is 0 Å². The molecule has 3 heteroatoms. The Kier molecular flexibility index (Phi) is 13.4. The van der Waals surface area contributed by atoms with Gasteiger partial charge in [0.1, 0.15) is 0 Å². The Morgan fingerprint density at radius 2 is 1.14 bits per heavy atom. The van der Waals surface area contributed by atoms with Crippen molar-refractivity contribution >= 4 is 0 Å². The van der Waals surface area contributed by atoms with Gasteiger partial charge in [0.05, 0.1) is 17.8 Å². The summed E-state index contributed by atoms with van der Waals surface area (Å²) in [6, 6.07) is 0. The molecule has 4 atom stereocenters. The Labute approximate surface area is 262 Å². The molecule has 236 valence electrons. The molecular weight excluding hydrogens is 528 g/mol. The molecule has 3 nitrogen and oxygen atoms in total. The van der Waals surface area contributed by atoms with Crippen LogP contribution in [0.3, 0.4) is 0 Å². The van der Waals surface area contributed by atoms with E-state index in [1.165, 1.54) is 22.3 Å². The van der Waals surface area contributed by atoms with Crippen LogP contribution < -0.4 is 0 Å². The van der Waals surface area contributed by atoms with Crippen LogP contribution in [0.15, 0.2) is 119 Å². The quantitative estimate of drug-likeness (QED) is 0.223. The van der Waals surface area contributed by atoms with Crippen LogP contribution in [0.1, 0.15) is 94.9 Å². The smallest absolute Gasteiger partial charge is 0.0711 e. The van der Waals surface area contributed by atoms with Gasteiger partial charge in [-0.1, -0.05) is 141 Å². The third-order valence-corrected chi connectivity index (χ3v) is 8.73. The van der Waals surface area contributed by atoms with Crippen molar-refractivity contribution in [2.24, 2.45) is 16.7 Å². The highest BCUT2D eigenvalue weighted by Crippen LogP contribution is 2.47. The largest absolute Gasteiger partial charge is 0.393 e. The van der Waals surface area contributed by atoms with E-state index >= 15 is 0 Å². The monoisotopic (exact) mass is 586 g/mol. The number of hydrogen-bond donors (Lipinski definition) is 3. The van der Waals surface area contributed by atoms with Gasteiger partial charge in [-0.25, -0.2) is 0 Å². The summed E-state index contributed by atoms with van der Waals surface area (Å²) in [5, 5.41) is 31.2. The van der Waals surface area contributed by atoms with Gasteiger partial charge in [0.15, 0.2) is 0 Å². The summed E-state index contributed by atoms with van der Waals surface area (Å²) in [7, 11) is 0. The maximum Gasteiger partial charge on any atom is 0.0711 e. The maximum absolute atomic E-state index is 10.9. The Balaban J connectivity index is 1.91. The number of aliphatic hydroxyl groups excluding tert-OH is 2. The molecule has 0 radical (unpaired) electrons. The second-order valence-corrected chi connectivity index (χ2v) is 14.5. The summed E-state index contributed by atoms with van der Waals surface area (Å²) < 4.78 is 0. The van der Waals surface area contributed by atoms with E-state index < -0.39 is 11.7 Å². The topological polar surface area (TPSA) is 60.7 Å². The first-order valence-corrected chi connectivity index (χ1v) is 15.8. The van der Waals surface area contributed by atoms with E-state index in [1.807, 2.05) is 6.92 Å². The molecule has 3 N–H and O–H groups in total. The van der Waals surface area contributed by atoms with Gasteiger partial charge in [0.25, 0.3) is 0 Å². The third-order valence-electron chi connectivity index (χ3n) is 8.73. The molecule has 1 unspecified atom stereocenters. The molecule has 0 aromatic rings. The van der Waals surface area contributed by atoms with E-state index in [4.69, 9.17) is 0 Å². The molecule has 0 heterocycles. The molecule has 2 aliphatic carbocycles. The lowest BCUT2D eigenvalue weighted by atomic mass is 9.61. The highest BCUT2D eigenvalue weighted by Gasteiger charge is 2.47. The molecule has 0 spiro atoms. The second-order valence-electron chi connectivity index (χ2n) is 14.5. The highest BCUT2D eigenvalue weighted by molar-refractivity contribution is 5.38. The van der Waals surface area contributed by atoms with Crippen LogP contribution in [0.25, 0.3) is 0 Å². The molecule has 0 aromatic carbocycles. The minimum Gasteiger partial charge on any atom is -0.393 e. The average Bonchev–Trinajstić information content (AvgIpc) is 2.83. The fraction of sp³-hybridized carbons (Fsp3) is 0.500. The molecular formula is C40H58O3. The van der Waals surface area contributed by atoms with Crippen LogP contribution in [0.2, 0.25) is 0 Å². The lowest BCUT2D eigenvalue weighted by molar-refractivity contribution is -0.111. The van der Waals surface area contributed by atoms with Gasteiger partial charge >= 0.3 is 0 Å². The molecule has 2 rings (SSSR count). The lowest BCUT2D eigenvalue weighted by Gasteiger charge is -2.48. The van der Waals surface area contributed by atoms with E-state index in [0.29, 0.717) is 12.8 Å². The van der Waals surface area contributed by atoms with Crippen LogP contribution in [0.4, 0.5) is 0 Å². The molecule has 0 aromatic heterocycles. The summed E-state index contributed by atoms with van der Waals surface area (Å²) in [5.74, 6) is -0.0107. The summed E-state index contributed by atoms with van der Waals surface area (Å²) in [6.45, 7) is 21.0. The second kappa shape index (κ2) is 15.8. The predicted octanol–water partition coefficient (Wildman–Crippen LogP) is 9.60. The Hall–Kier alpha value is -2.72. The van der Waals surface area contributed by atoms with Crippen molar-refractivity contribution in [2.75, 3.05) is 0 Å². The van der Waals surface area contributed by atoms with Gasteiger partial charge in [0.2, 0.25) is 0 Å². The lowest BCUT2D eigenvalue weighted by Crippen LogP contribution is -2.50. The first-order valence-electron chi connectivity index (χ1n) is 15.8. The summed E-state index contributed by atoms with van der Waals surface area (Å²) in [5.41, 5.74) is 6.19. The van der Waals surface area contributed by atoms with Crippen LogP contribution in [-0.4, -0.2) is 33.1 Å². The zero-order valence-electron chi connectivity index (χ0n) is 28.5. The van der Waals surface area contributed by atoms with Crippen molar-refractivity contribution in [3.8, 4) is 0 Å². The molecule has 0 bridgehead atoms. The minimum absolute atomic E-state index is 0.00190. The Morgan fingerprint density at radius 3 is 1.65 bits per heavy atom. The minimum atomic E-state index is -0.912. The fourth-order valence-corrected chi connectivity index (χ4v) is 6.70. The van der Waals surface area contributed by atoms with Crippen LogP contribution in [0, 0.1) is 16.7 Å². The number of allylic oxidation sites excluding steroid dienone is 18. The van der Waals surface area contributed by atoms with Gasteiger partial charge < -0.3 is 15.3 Å². The highest BCUT2D eigenvalue weighted by atomic mass is 16.3. The zero-order valence-corrected chi connectivity index (χ0v) is 28.5. The van der Waals surface area contributed by atoms with Gasteiger partial charge in [-0.15, -0.1) is 0 Å². The standard InChI is InChI=1S/C40H58O3/c1-29(17-13-19-31(3)21-23-36-33(5)25-34(41)26-38(36,6)7)15-11-12-16-30(2)18-14-20-32(4)22-24-37-39(8,9)27-35(42)28-40(37,10)43/h11-24,34-35,37,41-43H,25-28H2,1-10H3/b12-11+,17-13+,18-14+,23-21+,24-22+,29-15+,30-16+,31-19+,32-20+/t34-,35+,37?,40-/m1/s1. The number of hydrogen-bond acceptors (Lipinski definition) is 3. The van der Waals surface area contributed by atoms with Crippen LogP contribution in [0.5, 0.6) is 0 Å². The van der Waals surface area contributed by atoms with Gasteiger partial charge in [-0.3, -0.25) is 0 Å². The summed E-state index contributed by atoms with van der Waals surface area (Å²) in [6.07, 6.45) is 31.4. The average molecular weight is 587 g/mol. The van der Waals surface area contributed by atoms with E-state index in [9.17, 15) is 15.3 Å². The normalized spacial score (nSPS) is 29.8. The molecule has 1 fully saturated rings. The van der Waals surface area contributed by atoms with E-state index in [0.717, 1.165) is 24.0 Å². The first kappa shape index (κ1) is 36.5. The Morgan fingerprint density at radius 1 is 0.651 bits per heavy atom. The van der Waals surface area contributed by atoms with Crippen molar-refractivity contribution in [3.05, 3.63) is 119 Å². The van der Waals surface area contributed by atoms with Gasteiger partial charge in [-0.05, 0) is 77.2 Å². The molecule has 2 aliphatic rings. The fourth-order valence-electron chi connectivity index (χ4n) is 6.70. The van der Waals surface area contributed by atoms with Crippen molar-refractivity contribution in [3.63, 3.8) is 0 Å². The number of aliphatic hydroxyl groups is 3. The summed E-state index contributed by atoms with van der Waals surface area (Å²) >= 11 is 0. The van der Waals surface area contributed by atoms with Crippen molar-refractivity contribution in [2.45, 2.75) is 113 Å². The van der Waals surface area contributed by atoms with Crippen LogP contribution in [-0.2, 0) is 0 Å². The van der Waals surface area contributed by atoms with Gasteiger partial charge in [0, 0.05) is 12.3 Å². The maximum atomic E-state index is 10.9. The van der Waals surface area contributed by atoms with E-state index in [1.54, 1.807) is 0 Å². The van der Waals surface area contributed by atoms with Crippen molar-refractivity contribution in [1.82, 2.24) is 0 Å². The number of rotatable bonds is 10. The molecule has 43 heavy (non-hydrogen) atoms. The van der Waals surface area contributed by atoms with Crippen molar-refractivity contribution in [1.29, 1.82) is 0 Å². The SMILES string of the molecule is CC1=C(/C=C/C(C)=C/C=C/C(C)=C/C=C/C=C(C)/C=C/C=C(C)/C=C/C2C(C)(C)C[C@H](O)C[C@@]2(C)O)C(C)(C)C[C@H](O)C1. The molecule has 0 amide bonds. The third kappa shape index (κ3) is 12.1. The van der Waals surface area contributed by atoms with E-state index in [-0.39, 0.29) is 22.9 Å². The zero-order chi connectivity index (χ0) is 32.4. The Bertz CT molecular complexity index is 1250. The summed E-state index contributed by atoms with van der Waals surface area (Å²) in [4.78, 5) is 0. The molecule has 0 saturated heterocycles. The molecule has 0 aliphatic heterocycles. The van der Waals surface area contributed by atoms with Crippen molar-refractivity contribution < 1.29 is 15.3 Å². The predicted molar refractivity (Wildman–Crippen MR) is 186 cm³/mol. The molecule has 1 saturated carbocycles. The first-order chi connectivity index (χ1) is 19.9. The van der Waals surface area contributed by atoms with E-state index in [2.05, 4.69) is 147 Å².